The van der Waals surface area contributed by atoms with E-state index in [4.69, 9.17) is 10.5 Å². The minimum absolute atomic E-state index is 0.228. The molecule has 4 N–H and O–H groups in total. The van der Waals surface area contributed by atoms with Gasteiger partial charge in [0, 0.05) is 12.2 Å². The summed E-state index contributed by atoms with van der Waals surface area (Å²) in [5.74, 6) is -0.281. The number of amides is 2. The van der Waals surface area contributed by atoms with Crippen molar-refractivity contribution in [2.75, 3.05) is 19.4 Å². The lowest BCUT2D eigenvalue weighted by Gasteiger charge is -2.16. The van der Waals surface area contributed by atoms with E-state index in [1.54, 1.807) is 25.1 Å². The number of nitrogens with one attached hydrogen (secondary N) is 2. The molecule has 0 aliphatic carbocycles. The Hall–Kier alpha value is -2.24. The maximum atomic E-state index is 12.2. The van der Waals surface area contributed by atoms with Gasteiger partial charge in [0.1, 0.15) is 17.4 Å². The molecule has 0 aliphatic rings. The van der Waals surface area contributed by atoms with Gasteiger partial charge >= 0.3 is 0 Å². The molecule has 0 spiro atoms. The fourth-order valence-electron chi connectivity index (χ4n) is 1.70. The van der Waals surface area contributed by atoms with Crippen molar-refractivity contribution in [1.29, 1.82) is 0 Å². The molecule has 0 fully saturated rings. The van der Waals surface area contributed by atoms with E-state index in [1.807, 2.05) is 6.92 Å². The first-order chi connectivity index (χ1) is 9.51. The summed E-state index contributed by atoms with van der Waals surface area (Å²) in [7, 11) is 1.46. The molecule has 2 amide bonds. The van der Waals surface area contributed by atoms with Crippen LogP contribution >= 0.6 is 0 Å². The van der Waals surface area contributed by atoms with Crippen LogP contribution in [0.1, 0.15) is 30.6 Å². The van der Waals surface area contributed by atoms with Crippen LogP contribution in [0, 0.1) is 0 Å². The molecule has 6 nitrogen and oxygen atoms in total. The molecule has 0 saturated carbocycles. The van der Waals surface area contributed by atoms with Crippen LogP contribution in [0.5, 0.6) is 5.75 Å². The predicted octanol–water partition coefficient (Wildman–Crippen LogP) is 0.922. The van der Waals surface area contributed by atoms with Crippen molar-refractivity contribution >= 4 is 17.5 Å². The van der Waals surface area contributed by atoms with E-state index in [-0.39, 0.29) is 11.5 Å². The van der Waals surface area contributed by atoms with Crippen LogP contribution in [0.3, 0.4) is 0 Å². The van der Waals surface area contributed by atoms with Crippen LogP contribution in [0.25, 0.3) is 0 Å². The van der Waals surface area contributed by atoms with Gasteiger partial charge in [0.15, 0.2) is 0 Å². The molecule has 0 saturated heterocycles. The Morgan fingerprint density at radius 1 is 1.40 bits per heavy atom. The van der Waals surface area contributed by atoms with Gasteiger partial charge in [0.05, 0.1) is 7.11 Å². The van der Waals surface area contributed by atoms with Crippen molar-refractivity contribution in [3.63, 3.8) is 0 Å². The molecule has 1 rings (SSSR count). The Labute approximate surface area is 118 Å². The standard InChI is InChI=1S/C14H21N3O3/c1-4-8-16-13(18)9(2)17-14(19)12-10(15)6-5-7-11(12)20-3/h5-7,9H,4,8,15H2,1-3H3,(H,16,18)(H,17,19). The Morgan fingerprint density at radius 3 is 2.70 bits per heavy atom. The predicted molar refractivity (Wildman–Crippen MR) is 77.6 cm³/mol. The van der Waals surface area contributed by atoms with Crippen molar-refractivity contribution in [2.24, 2.45) is 0 Å². The number of nitrogens with two attached hydrogens (primary N) is 1. The number of rotatable bonds is 6. The smallest absolute Gasteiger partial charge is 0.257 e. The van der Waals surface area contributed by atoms with E-state index >= 15 is 0 Å². The summed E-state index contributed by atoms with van der Waals surface area (Å²) in [5.41, 5.74) is 6.34. The maximum absolute atomic E-state index is 12.2. The minimum Gasteiger partial charge on any atom is -0.496 e. The van der Waals surface area contributed by atoms with Gasteiger partial charge in [-0.15, -0.1) is 0 Å². The maximum Gasteiger partial charge on any atom is 0.257 e. The molecule has 1 atom stereocenters. The molecule has 0 radical (unpaired) electrons. The first kappa shape index (κ1) is 15.8. The lowest BCUT2D eigenvalue weighted by Crippen LogP contribution is -2.45. The molecule has 6 heteroatoms. The molecular weight excluding hydrogens is 258 g/mol. The van der Waals surface area contributed by atoms with Crippen molar-refractivity contribution < 1.29 is 14.3 Å². The van der Waals surface area contributed by atoms with E-state index < -0.39 is 11.9 Å². The number of hydrogen-bond acceptors (Lipinski definition) is 4. The van der Waals surface area contributed by atoms with Crippen molar-refractivity contribution in [3.05, 3.63) is 23.8 Å². The fraction of sp³-hybridized carbons (Fsp3) is 0.429. The minimum atomic E-state index is -0.640. The van der Waals surface area contributed by atoms with Crippen LogP contribution in [0.15, 0.2) is 18.2 Å². The molecule has 1 aromatic rings. The number of anilines is 1. The third kappa shape index (κ3) is 3.88. The number of methoxy groups -OCH3 is 1. The van der Waals surface area contributed by atoms with Gasteiger partial charge < -0.3 is 21.1 Å². The van der Waals surface area contributed by atoms with Crippen LogP contribution < -0.4 is 21.1 Å². The molecule has 20 heavy (non-hydrogen) atoms. The number of nitrogen functional groups attached to an aromatic ring is 1. The van der Waals surface area contributed by atoms with Crippen molar-refractivity contribution in [2.45, 2.75) is 26.3 Å². The molecule has 110 valence electrons. The number of carbonyl (C=O) groups excluding carboxylic acids is 2. The topological polar surface area (TPSA) is 93.5 Å². The van der Waals surface area contributed by atoms with E-state index in [2.05, 4.69) is 10.6 Å². The summed E-state index contributed by atoms with van der Waals surface area (Å²) in [6.45, 7) is 4.16. The summed E-state index contributed by atoms with van der Waals surface area (Å²) in [4.78, 5) is 23.9. The third-order valence-corrected chi connectivity index (χ3v) is 2.80. The highest BCUT2D eigenvalue weighted by atomic mass is 16.5. The normalized spacial score (nSPS) is 11.6. The second kappa shape index (κ2) is 7.37. The summed E-state index contributed by atoms with van der Waals surface area (Å²) in [6.07, 6.45) is 0.839. The van der Waals surface area contributed by atoms with Crippen LogP contribution in [-0.2, 0) is 4.79 Å². The number of ether oxygens (including phenoxy) is 1. The molecule has 0 aliphatic heterocycles. The monoisotopic (exact) mass is 279 g/mol. The Balaban J connectivity index is 2.79. The first-order valence-corrected chi connectivity index (χ1v) is 6.52. The number of hydrogen-bond donors (Lipinski definition) is 3. The largest absolute Gasteiger partial charge is 0.496 e. The van der Waals surface area contributed by atoms with Crippen LogP contribution in [-0.4, -0.2) is 31.5 Å². The lowest BCUT2D eigenvalue weighted by molar-refractivity contribution is -0.122. The summed E-state index contributed by atoms with van der Waals surface area (Å²) >= 11 is 0. The van der Waals surface area contributed by atoms with Gasteiger partial charge in [0.2, 0.25) is 5.91 Å². The average molecular weight is 279 g/mol. The zero-order valence-electron chi connectivity index (χ0n) is 12.0. The summed E-state index contributed by atoms with van der Waals surface area (Å²) in [6, 6.07) is 4.31. The zero-order chi connectivity index (χ0) is 15.1. The number of carbonyl (C=O) groups is 2. The highest BCUT2D eigenvalue weighted by molar-refractivity contribution is 6.03. The molecule has 0 aromatic heterocycles. The highest BCUT2D eigenvalue weighted by Crippen LogP contribution is 2.23. The Bertz CT molecular complexity index is 489. The average Bonchev–Trinajstić information content (AvgIpc) is 2.43. The Morgan fingerprint density at radius 2 is 2.10 bits per heavy atom. The van der Waals surface area contributed by atoms with E-state index in [0.29, 0.717) is 18.0 Å². The van der Waals surface area contributed by atoms with E-state index in [9.17, 15) is 9.59 Å². The van der Waals surface area contributed by atoms with Gasteiger partial charge in [0.25, 0.3) is 5.91 Å². The van der Waals surface area contributed by atoms with Crippen LogP contribution in [0.2, 0.25) is 0 Å². The van der Waals surface area contributed by atoms with Gasteiger partial charge in [-0.2, -0.15) is 0 Å². The van der Waals surface area contributed by atoms with Gasteiger partial charge in [-0.3, -0.25) is 9.59 Å². The highest BCUT2D eigenvalue weighted by Gasteiger charge is 2.20. The second-order valence-electron chi connectivity index (χ2n) is 4.41. The van der Waals surface area contributed by atoms with Gasteiger partial charge in [-0.1, -0.05) is 13.0 Å². The van der Waals surface area contributed by atoms with E-state index in [1.165, 1.54) is 7.11 Å². The van der Waals surface area contributed by atoms with Crippen molar-refractivity contribution in [3.8, 4) is 5.75 Å². The SMILES string of the molecule is CCCNC(=O)C(C)NC(=O)c1c(N)cccc1OC. The number of benzene rings is 1. The van der Waals surface area contributed by atoms with E-state index in [0.717, 1.165) is 6.42 Å². The molecule has 1 aromatic carbocycles. The Kier molecular flexibility index (Phi) is 5.83. The quantitative estimate of drug-likeness (QED) is 0.675. The van der Waals surface area contributed by atoms with Gasteiger partial charge in [-0.25, -0.2) is 0 Å². The summed E-state index contributed by atoms with van der Waals surface area (Å²) < 4.78 is 5.11. The molecule has 0 heterocycles. The lowest BCUT2D eigenvalue weighted by atomic mass is 10.1. The van der Waals surface area contributed by atoms with Crippen LogP contribution in [0.4, 0.5) is 5.69 Å². The fourth-order valence-corrected chi connectivity index (χ4v) is 1.70. The first-order valence-electron chi connectivity index (χ1n) is 6.52. The summed E-state index contributed by atoms with van der Waals surface area (Å²) in [5, 5.41) is 5.33. The van der Waals surface area contributed by atoms with Crippen molar-refractivity contribution in [1.82, 2.24) is 10.6 Å². The second-order valence-corrected chi connectivity index (χ2v) is 4.41. The molecule has 1 unspecified atom stereocenters. The zero-order valence-corrected chi connectivity index (χ0v) is 12.0. The third-order valence-electron chi connectivity index (χ3n) is 2.80. The molecule has 0 bridgehead atoms. The molecular formula is C14H21N3O3. The van der Waals surface area contributed by atoms with Gasteiger partial charge in [-0.05, 0) is 25.5 Å².